The molecule has 55 heavy (non-hydrogen) atoms. The van der Waals surface area contributed by atoms with Crippen LogP contribution < -0.4 is 0 Å². The maximum absolute atomic E-state index is 13.3. The summed E-state index contributed by atoms with van der Waals surface area (Å²) in [7, 11) is 0. The summed E-state index contributed by atoms with van der Waals surface area (Å²) in [4.78, 5) is 0. The summed E-state index contributed by atoms with van der Waals surface area (Å²) >= 11 is 1.80. The molecule has 0 aliphatic rings. The fourth-order valence-corrected chi connectivity index (χ4v) is 4.26. The average molecular weight is 1130 g/mol. The third-order valence-corrected chi connectivity index (χ3v) is 7.14. The van der Waals surface area contributed by atoms with Crippen molar-refractivity contribution >= 4 is 45.2 Å². The molecule has 2 unspecified atom stereocenters. The molecule has 0 aromatic rings. The molecule has 0 saturated carbocycles. The van der Waals surface area contributed by atoms with E-state index in [4.69, 9.17) is 0 Å². The maximum atomic E-state index is 13.3. The summed E-state index contributed by atoms with van der Waals surface area (Å²) in [5.41, 5.74) is 0. The number of rotatable bonds is 15. The first-order valence-corrected chi connectivity index (χ1v) is 14.9. The molecule has 34 heteroatoms. The third-order valence-electron chi connectivity index (χ3n) is 6.26. The summed E-state index contributed by atoms with van der Waals surface area (Å²) in [6.07, 6.45) is -20.0. The molecular weight excluding hydrogens is 1110 g/mol. The van der Waals surface area contributed by atoms with Crippen molar-refractivity contribution in [1.29, 1.82) is 0 Å². The first-order chi connectivity index (χ1) is 23.1. The predicted molar refractivity (Wildman–Crippen MR) is 133 cm³/mol. The van der Waals surface area contributed by atoms with Crippen LogP contribution in [0.15, 0.2) is 0 Å². The van der Waals surface area contributed by atoms with E-state index in [0.717, 1.165) is 45.2 Å². The second kappa shape index (κ2) is 15.4. The van der Waals surface area contributed by atoms with Gasteiger partial charge in [-0.3, -0.25) is 0 Å². The van der Waals surface area contributed by atoms with Gasteiger partial charge in [0.1, 0.15) is 0 Å². The molecule has 0 rings (SSSR count). The zero-order valence-corrected chi connectivity index (χ0v) is 29.2. The molecule has 0 aromatic carbocycles. The minimum atomic E-state index is -8.57. The Morgan fingerprint density at radius 3 is 0.509 bits per heavy atom. The predicted octanol–water partition coefficient (Wildman–Crippen LogP) is 13.8. The zero-order valence-electron chi connectivity index (χ0n) is 24.9. The van der Waals surface area contributed by atoms with Crippen LogP contribution in [0.4, 0.5) is 140 Å². The van der Waals surface area contributed by atoms with Crippen molar-refractivity contribution in [2.75, 3.05) is 0 Å². The molecule has 0 radical (unpaired) electrons. The van der Waals surface area contributed by atoms with Crippen LogP contribution in [-0.4, -0.2) is 97.2 Å². The van der Waals surface area contributed by atoms with Crippen LogP contribution in [0.1, 0.15) is 26.7 Å². The zero-order chi connectivity index (χ0) is 46.1. The van der Waals surface area contributed by atoms with Crippen molar-refractivity contribution in [2.45, 2.75) is 124 Å². The quantitative estimate of drug-likeness (QED) is 0.0871. The lowest BCUT2D eigenvalue weighted by Crippen LogP contribution is -2.74. The van der Waals surface area contributed by atoms with Gasteiger partial charge in [0.2, 0.25) is 0 Å². The summed E-state index contributed by atoms with van der Waals surface area (Å²) in [5.74, 6) is -102. The Morgan fingerprint density at radius 2 is 0.382 bits per heavy atom. The van der Waals surface area contributed by atoms with E-state index in [1.807, 2.05) is 0 Å². The van der Waals surface area contributed by atoms with E-state index in [0.29, 0.717) is 13.8 Å². The smallest absolute Gasteiger partial charge is 0.200 e. The molecule has 0 spiro atoms. The lowest BCUT2D eigenvalue weighted by atomic mass is 9.88. The van der Waals surface area contributed by atoms with Crippen molar-refractivity contribution in [1.82, 2.24) is 0 Å². The van der Waals surface area contributed by atoms with Crippen molar-refractivity contribution in [3.05, 3.63) is 0 Å². The highest BCUT2D eigenvalue weighted by Gasteiger charge is 2.96. The molecule has 0 N–H and O–H groups in total. The molecule has 0 heterocycles. The van der Waals surface area contributed by atoms with E-state index in [2.05, 4.69) is 0 Å². The number of halogens is 34. The monoisotopic (exact) mass is 1130 g/mol. The Hall–Kier alpha value is -0.780. The van der Waals surface area contributed by atoms with Crippen LogP contribution in [0, 0.1) is 0 Å². The van der Waals surface area contributed by atoms with E-state index >= 15 is 0 Å². The van der Waals surface area contributed by atoms with E-state index in [-0.39, 0.29) is 0 Å². The van der Waals surface area contributed by atoms with Gasteiger partial charge in [0.15, 0.2) is 0 Å². The van der Waals surface area contributed by atoms with Crippen LogP contribution in [0.5, 0.6) is 0 Å². The fourth-order valence-electron chi connectivity index (χ4n) is 3.16. The van der Waals surface area contributed by atoms with E-state index in [9.17, 15) is 140 Å². The minimum Gasteiger partial charge on any atom is -0.200 e. The SMILES string of the molecule is CC(I)CC(F)(F)C(F)(F)C(F)(F)C(F)(F)C(F)(F)C(F)(F)C(F)(F)C(F)(F)F.CC(I)CC(F)(F)C(F)(F)C(F)(F)C(F)(F)C(F)(F)C(F)(F)C(F)(F)F. The van der Waals surface area contributed by atoms with Gasteiger partial charge in [-0.2, -0.15) is 140 Å². The molecule has 0 bridgehead atoms. The van der Waals surface area contributed by atoms with Gasteiger partial charge in [0.05, 0.1) is 0 Å². The molecule has 0 nitrogen and oxygen atoms in total. The Bertz CT molecular complexity index is 1290. The van der Waals surface area contributed by atoms with Crippen LogP contribution in [0.3, 0.4) is 0 Å². The largest absolute Gasteiger partial charge is 0.460 e. The van der Waals surface area contributed by atoms with E-state index < -0.39 is 110 Å². The van der Waals surface area contributed by atoms with Gasteiger partial charge in [-0.05, 0) is 0 Å². The number of hydrogen-bond donors (Lipinski definition) is 0. The Labute approximate surface area is 309 Å². The van der Waals surface area contributed by atoms with Gasteiger partial charge < -0.3 is 0 Å². The molecule has 0 amide bonds. The molecule has 2 atom stereocenters. The van der Waals surface area contributed by atoms with Crippen LogP contribution in [-0.2, 0) is 0 Å². The van der Waals surface area contributed by atoms with E-state index in [1.54, 1.807) is 0 Å². The van der Waals surface area contributed by atoms with Gasteiger partial charge in [-0.25, -0.2) is 0 Å². The van der Waals surface area contributed by atoms with Crippen LogP contribution >= 0.6 is 45.2 Å². The number of hydrogen-bond acceptors (Lipinski definition) is 0. The average Bonchev–Trinajstić information content (AvgIpc) is 2.89. The topological polar surface area (TPSA) is 0 Å². The molecule has 334 valence electrons. The van der Waals surface area contributed by atoms with Crippen LogP contribution in [0.2, 0.25) is 0 Å². The molecule has 0 aromatic heterocycles. The Balaban J connectivity index is 0. The highest BCUT2D eigenvalue weighted by atomic mass is 127. The standard InChI is InChI=1S/C11H6F17I.C10H6F15I/c1-3(29)2-4(12,13)5(14,15)6(16,17)7(18,19)8(20,21)9(22,23)10(24,25)11(26,27)28;1-3(26)2-4(11,12)5(13,14)6(15,16)7(17,18)8(19,20)9(21,22)10(23,24)25/h3H,2H2,1H3;3H,2H2,1H3. The molecule has 0 aliphatic carbocycles. The second-order valence-electron chi connectivity index (χ2n) is 10.7. The van der Waals surface area contributed by atoms with Crippen LogP contribution in [0.25, 0.3) is 0 Å². The number of alkyl halides is 34. The van der Waals surface area contributed by atoms with Crippen molar-refractivity contribution in [3.63, 3.8) is 0 Å². The lowest BCUT2D eigenvalue weighted by Gasteiger charge is -2.43. The minimum absolute atomic E-state index is 0.619. The van der Waals surface area contributed by atoms with Gasteiger partial charge in [-0.15, -0.1) is 0 Å². The normalized spacial score (nSPS) is 17.5. The summed E-state index contributed by atoms with van der Waals surface area (Å²) in [6.45, 7) is 1.31. The van der Waals surface area contributed by atoms with Gasteiger partial charge in [-0.1, -0.05) is 59.0 Å². The van der Waals surface area contributed by atoms with Gasteiger partial charge in [0.25, 0.3) is 0 Å². The van der Waals surface area contributed by atoms with E-state index in [1.165, 1.54) is 0 Å². The highest BCUT2D eigenvalue weighted by molar-refractivity contribution is 14.1. The second-order valence-corrected chi connectivity index (χ2v) is 14.9. The first-order valence-electron chi connectivity index (χ1n) is 12.4. The fraction of sp³-hybridized carbons (Fsp3) is 1.00. The molecule has 0 saturated heterocycles. The lowest BCUT2D eigenvalue weighted by molar-refractivity contribution is -0.461. The molecule has 0 aliphatic heterocycles. The summed E-state index contributed by atoms with van der Waals surface area (Å²) in [6, 6.07) is 0. The molecule has 0 fully saturated rings. The van der Waals surface area contributed by atoms with Crippen molar-refractivity contribution < 1.29 is 140 Å². The van der Waals surface area contributed by atoms with Crippen molar-refractivity contribution in [2.24, 2.45) is 0 Å². The maximum Gasteiger partial charge on any atom is 0.460 e. The molecular formula is C21H12F32I2. The van der Waals surface area contributed by atoms with Crippen molar-refractivity contribution in [3.8, 4) is 0 Å². The third kappa shape index (κ3) is 8.76. The Morgan fingerprint density at radius 1 is 0.255 bits per heavy atom. The van der Waals surface area contributed by atoms with Gasteiger partial charge in [0, 0.05) is 20.7 Å². The Kier molecular flexibility index (Phi) is 15.7. The summed E-state index contributed by atoms with van der Waals surface area (Å²) in [5, 5.41) is 0. The summed E-state index contributed by atoms with van der Waals surface area (Å²) < 4.78 is 407. The highest BCUT2D eigenvalue weighted by Crippen LogP contribution is 2.65. The van der Waals surface area contributed by atoms with Gasteiger partial charge >= 0.3 is 89.3 Å². The first kappa shape index (κ1) is 56.3.